The van der Waals surface area contributed by atoms with Gasteiger partial charge in [0.15, 0.2) is 11.6 Å². The van der Waals surface area contributed by atoms with Crippen molar-refractivity contribution in [1.29, 1.82) is 0 Å². The van der Waals surface area contributed by atoms with Crippen LogP contribution in [0.5, 0.6) is 5.75 Å². The van der Waals surface area contributed by atoms with E-state index in [9.17, 15) is 4.79 Å². The van der Waals surface area contributed by atoms with Crippen LogP contribution < -0.4 is 20.7 Å². The summed E-state index contributed by atoms with van der Waals surface area (Å²) in [5, 5.41) is 8.58. The van der Waals surface area contributed by atoms with E-state index in [1.165, 1.54) is 13.4 Å². The lowest BCUT2D eigenvalue weighted by atomic mass is 10.4. The minimum atomic E-state index is -0.100. The van der Waals surface area contributed by atoms with Crippen molar-refractivity contribution in [3.05, 3.63) is 6.33 Å². The van der Waals surface area contributed by atoms with Gasteiger partial charge in [-0.2, -0.15) is 0 Å². The summed E-state index contributed by atoms with van der Waals surface area (Å²) in [5.74, 6) is 1.43. The average molecular weight is 253 g/mol. The van der Waals surface area contributed by atoms with Gasteiger partial charge >= 0.3 is 0 Å². The molecule has 3 N–H and O–H groups in total. The molecule has 0 atom stereocenters. The quantitative estimate of drug-likeness (QED) is 0.682. The molecule has 0 unspecified atom stereocenters. The summed E-state index contributed by atoms with van der Waals surface area (Å²) in [6.07, 6.45) is 1.40. The highest BCUT2D eigenvalue weighted by atomic mass is 16.5. The Labute approximate surface area is 106 Å². The molecule has 0 spiro atoms. The van der Waals surface area contributed by atoms with Crippen molar-refractivity contribution in [1.82, 2.24) is 15.3 Å². The van der Waals surface area contributed by atoms with Gasteiger partial charge in [-0.15, -0.1) is 0 Å². The molecule has 0 saturated heterocycles. The third kappa shape index (κ3) is 3.76. The monoisotopic (exact) mass is 253 g/mol. The fourth-order valence-corrected chi connectivity index (χ4v) is 1.41. The Morgan fingerprint density at radius 3 is 2.61 bits per heavy atom. The maximum atomic E-state index is 11.5. The molecule has 1 aromatic rings. The fourth-order valence-electron chi connectivity index (χ4n) is 1.41. The van der Waals surface area contributed by atoms with Crippen LogP contribution in [-0.4, -0.2) is 42.6 Å². The van der Waals surface area contributed by atoms with E-state index in [-0.39, 0.29) is 18.5 Å². The lowest BCUT2D eigenvalue weighted by Crippen LogP contribution is -2.35. The molecule has 7 heteroatoms. The molecule has 1 heterocycles. The highest BCUT2D eigenvalue weighted by Gasteiger charge is 2.12. The number of carbonyl (C=O) groups is 1. The maximum Gasteiger partial charge on any atom is 0.239 e. The summed E-state index contributed by atoms with van der Waals surface area (Å²) in [7, 11) is 3.26. The Morgan fingerprint density at radius 1 is 1.39 bits per heavy atom. The van der Waals surface area contributed by atoms with Crippen LogP contribution in [-0.2, 0) is 4.79 Å². The molecule has 1 rings (SSSR count). The van der Waals surface area contributed by atoms with Gasteiger partial charge in [0.05, 0.1) is 13.7 Å². The molecule has 0 aliphatic heterocycles. The van der Waals surface area contributed by atoms with Crippen molar-refractivity contribution in [2.24, 2.45) is 0 Å². The summed E-state index contributed by atoms with van der Waals surface area (Å²) >= 11 is 0. The molecule has 0 aromatic carbocycles. The number of nitrogens with zero attached hydrogens (tertiary/aromatic N) is 2. The molecule has 18 heavy (non-hydrogen) atoms. The van der Waals surface area contributed by atoms with Crippen LogP contribution in [0.3, 0.4) is 0 Å². The van der Waals surface area contributed by atoms with Crippen LogP contribution in [0.1, 0.15) is 13.8 Å². The Morgan fingerprint density at radius 2 is 2.06 bits per heavy atom. The second-order valence-corrected chi connectivity index (χ2v) is 3.93. The molecular weight excluding hydrogens is 234 g/mol. The Kier molecular flexibility index (Phi) is 5.16. The number of nitrogens with one attached hydrogen (secondary N) is 3. The molecule has 0 radical (unpaired) electrons. The first-order valence-corrected chi connectivity index (χ1v) is 5.68. The van der Waals surface area contributed by atoms with E-state index in [1.54, 1.807) is 7.05 Å². The molecule has 0 aliphatic rings. The van der Waals surface area contributed by atoms with Gasteiger partial charge in [-0.25, -0.2) is 9.97 Å². The van der Waals surface area contributed by atoms with E-state index < -0.39 is 0 Å². The number of ether oxygens (including phenoxy) is 1. The van der Waals surface area contributed by atoms with E-state index in [0.29, 0.717) is 17.4 Å². The standard InChI is InChI=1S/C11H19N5O2/c1-7(2)16-8(17)5-13-11-9(18-4)10(12-3)14-6-15-11/h6-7H,5H2,1-4H3,(H,16,17)(H2,12,13,14,15). The average Bonchev–Trinajstić information content (AvgIpc) is 2.34. The third-order valence-electron chi connectivity index (χ3n) is 2.11. The SMILES string of the molecule is CNc1ncnc(NCC(=O)NC(C)C)c1OC. The van der Waals surface area contributed by atoms with Crippen LogP contribution in [0.2, 0.25) is 0 Å². The highest BCUT2D eigenvalue weighted by molar-refractivity contribution is 5.81. The minimum Gasteiger partial charge on any atom is -0.490 e. The van der Waals surface area contributed by atoms with Crippen molar-refractivity contribution in [3.8, 4) is 5.75 Å². The van der Waals surface area contributed by atoms with Crippen molar-refractivity contribution in [3.63, 3.8) is 0 Å². The normalized spacial score (nSPS) is 10.1. The highest BCUT2D eigenvalue weighted by Crippen LogP contribution is 2.27. The first kappa shape index (κ1) is 14.0. The molecule has 0 saturated carbocycles. The van der Waals surface area contributed by atoms with Gasteiger partial charge in [-0.05, 0) is 13.8 Å². The smallest absolute Gasteiger partial charge is 0.239 e. The van der Waals surface area contributed by atoms with Crippen molar-refractivity contribution in [2.75, 3.05) is 31.3 Å². The predicted molar refractivity (Wildman–Crippen MR) is 69.9 cm³/mol. The number of rotatable bonds is 6. The number of methoxy groups -OCH3 is 1. The molecule has 1 amide bonds. The summed E-state index contributed by atoms with van der Waals surface area (Å²) in [6.45, 7) is 3.94. The van der Waals surface area contributed by atoms with E-state index >= 15 is 0 Å². The van der Waals surface area contributed by atoms with E-state index in [2.05, 4.69) is 25.9 Å². The second-order valence-electron chi connectivity index (χ2n) is 3.93. The molecular formula is C11H19N5O2. The van der Waals surface area contributed by atoms with Crippen LogP contribution in [0, 0.1) is 0 Å². The van der Waals surface area contributed by atoms with Gasteiger partial charge in [-0.3, -0.25) is 4.79 Å². The molecule has 0 aliphatic carbocycles. The van der Waals surface area contributed by atoms with Crippen molar-refractivity contribution in [2.45, 2.75) is 19.9 Å². The van der Waals surface area contributed by atoms with Crippen LogP contribution in [0.15, 0.2) is 6.33 Å². The number of amides is 1. The summed E-state index contributed by atoms with van der Waals surface area (Å²) in [4.78, 5) is 19.6. The number of carbonyl (C=O) groups excluding carboxylic acids is 1. The summed E-state index contributed by atoms with van der Waals surface area (Å²) in [5.41, 5.74) is 0. The number of anilines is 2. The minimum absolute atomic E-state index is 0.100. The molecule has 0 bridgehead atoms. The van der Waals surface area contributed by atoms with Crippen LogP contribution in [0.25, 0.3) is 0 Å². The number of hydrogen-bond acceptors (Lipinski definition) is 6. The first-order valence-electron chi connectivity index (χ1n) is 5.68. The van der Waals surface area contributed by atoms with Crippen molar-refractivity contribution < 1.29 is 9.53 Å². The first-order chi connectivity index (χ1) is 8.58. The second kappa shape index (κ2) is 6.63. The van der Waals surface area contributed by atoms with Gasteiger partial charge in [0.2, 0.25) is 11.7 Å². The third-order valence-corrected chi connectivity index (χ3v) is 2.11. The lowest BCUT2D eigenvalue weighted by Gasteiger charge is -2.13. The fraction of sp³-hybridized carbons (Fsp3) is 0.545. The van der Waals surface area contributed by atoms with E-state index in [1.807, 2.05) is 13.8 Å². The summed E-state index contributed by atoms with van der Waals surface area (Å²) in [6, 6.07) is 0.111. The summed E-state index contributed by atoms with van der Waals surface area (Å²) < 4.78 is 5.20. The Bertz CT molecular complexity index is 408. The zero-order valence-corrected chi connectivity index (χ0v) is 11.1. The van der Waals surface area contributed by atoms with Gasteiger partial charge in [0, 0.05) is 13.1 Å². The predicted octanol–water partition coefficient (Wildman–Crippen LogP) is 0.463. The van der Waals surface area contributed by atoms with Gasteiger partial charge in [0.25, 0.3) is 0 Å². The maximum absolute atomic E-state index is 11.5. The Hall–Kier alpha value is -2.05. The van der Waals surface area contributed by atoms with E-state index in [4.69, 9.17) is 4.74 Å². The molecule has 100 valence electrons. The molecule has 0 fully saturated rings. The van der Waals surface area contributed by atoms with Crippen LogP contribution >= 0.6 is 0 Å². The van der Waals surface area contributed by atoms with Gasteiger partial charge < -0.3 is 20.7 Å². The lowest BCUT2D eigenvalue weighted by molar-refractivity contribution is -0.119. The van der Waals surface area contributed by atoms with E-state index in [0.717, 1.165) is 0 Å². The largest absolute Gasteiger partial charge is 0.490 e. The molecule has 1 aromatic heterocycles. The zero-order valence-electron chi connectivity index (χ0n) is 11.1. The Balaban J connectivity index is 2.70. The molecule has 7 nitrogen and oxygen atoms in total. The van der Waals surface area contributed by atoms with Crippen molar-refractivity contribution >= 4 is 17.5 Å². The van der Waals surface area contributed by atoms with Crippen LogP contribution in [0.4, 0.5) is 11.6 Å². The van der Waals surface area contributed by atoms with Gasteiger partial charge in [0.1, 0.15) is 6.33 Å². The van der Waals surface area contributed by atoms with Gasteiger partial charge in [-0.1, -0.05) is 0 Å². The number of hydrogen-bond donors (Lipinski definition) is 3. The topological polar surface area (TPSA) is 88.2 Å². The number of aromatic nitrogens is 2. The zero-order chi connectivity index (χ0) is 13.5.